The summed E-state index contributed by atoms with van der Waals surface area (Å²) in [5.41, 5.74) is 5.33. The van der Waals surface area contributed by atoms with E-state index in [4.69, 9.17) is 17.3 Å². The summed E-state index contributed by atoms with van der Waals surface area (Å²) in [6.45, 7) is 0.612. The molecule has 0 saturated carbocycles. The van der Waals surface area contributed by atoms with Crippen LogP contribution in [0.3, 0.4) is 0 Å². The SMILES string of the molecule is NCCC1C=CC(F)(Cl)C=C1. The smallest absolute Gasteiger partial charge is 0.220 e. The van der Waals surface area contributed by atoms with Gasteiger partial charge in [0.25, 0.3) is 0 Å². The van der Waals surface area contributed by atoms with Crippen LogP contribution >= 0.6 is 11.6 Å². The normalized spacial score (nSPS) is 36.1. The number of alkyl halides is 2. The maximum absolute atomic E-state index is 12.8. The van der Waals surface area contributed by atoms with Gasteiger partial charge in [-0.05, 0) is 31.0 Å². The summed E-state index contributed by atoms with van der Waals surface area (Å²) in [4.78, 5) is 0. The van der Waals surface area contributed by atoms with Crippen LogP contribution in [0.2, 0.25) is 0 Å². The van der Waals surface area contributed by atoms with E-state index in [1.807, 2.05) is 0 Å². The molecule has 0 aromatic carbocycles. The lowest BCUT2D eigenvalue weighted by molar-refractivity contribution is 0.408. The van der Waals surface area contributed by atoms with Crippen molar-refractivity contribution in [3.8, 4) is 0 Å². The molecule has 0 radical (unpaired) electrons. The molecule has 0 aromatic rings. The van der Waals surface area contributed by atoms with Crippen molar-refractivity contribution in [2.24, 2.45) is 11.7 Å². The second-order valence-electron chi connectivity index (χ2n) is 2.63. The average molecular weight is 176 g/mol. The second kappa shape index (κ2) is 3.37. The Morgan fingerprint density at radius 2 is 2.00 bits per heavy atom. The fraction of sp³-hybridized carbons (Fsp3) is 0.500. The highest BCUT2D eigenvalue weighted by Gasteiger charge is 2.21. The predicted molar refractivity (Wildman–Crippen MR) is 45.1 cm³/mol. The zero-order chi connectivity index (χ0) is 8.32. The number of halogens is 2. The Morgan fingerprint density at radius 1 is 1.45 bits per heavy atom. The van der Waals surface area contributed by atoms with Gasteiger partial charge in [0, 0.05) is 0 Å². The topological polar surface area (TPSA) is 26.0 Å². The highest BCUT2D eigenvalue weighted by atomic mass is 35.5. The van der Waals surface area contributed by atoms with Crippen molar-refractivity contribution in [1.82, 2.24) is 0 Å². The third-order valence-electron chi connectivity index (χ3n) is 1.63. The Bertz CT molecular complexity index is 171. The second-order valence-corrected chi connectivity index (χ2v) is 3.21. The van der Waals surface area contributed by atoms with Crippen LogP contribution in [0, 0.1) is 5.92 Å². The Hall–Kier alpha value is -0.340. The van der Waals surface area contributed by atoms with Crippen molar-refractivity contribution in [3.63, 3.8) is 0 Å². The summed E-state index contributed by atoms with van der Waals surface area (Å²) >= 11 is 5.37. The Labute approximate surface area is 70.7 Å². The first-order chi connectivity index (χ1) is 5.14. The monoisotopic (exact) mass is 175 g/mol. The van der Waals surface area contributed by atoms with Gasteiger partial charge in [-0.2, -0.15) is 0 Å². The van der Waals surface area contributed by atoms with E-state index in [1.54, 1.807) is 12.2 Å². The van der Waals surface area contributed by atoms with E-state index in [-0.39, 0.29) is 5.92 Å². The van der Waals surface area contributed by atoms with Crippen molar-refractivity contribution in [2.45, 2.75) is 11.5 Å². The molecule has 0 saturated heterocycles. The van der Waals surface area contributed by atoms with Crippen LogP contribution in [0.15, 0.2) is 24.3 Å². The number of allylic oxidation sites excluding steroid dienone is 4. The molecule has 0 spiro atoms. The molecule has 0 unspecified atom stereocenters. The van der Waals surface area contributed by atoms with Crippen LogP contribution in [0.1, 0.15) is 6.42 Å². The minimum Gasteiger partial charge on any atom is -0.330 e. The molecule has 2 N–H and O–H groups in total. The lowest BCUT2D eigenvalue weighted by Gasteiger charge is -2.16. The van der Waals surface area contributed by atoms with Gasteiger partial charge < -0.3 is 5.73 Å². The van der Waals surface area contributed by atoms with Gasteiger partial charge in [-0.25, -0.2) is 4.39 Å². The van der Waals surface area contributed by atoms with Gasteiger partial charge in [0.2, 0.25) is 5.13 Å². The summed E-state index contributed by atoms with van der Waals surface area (Å²) in [7, 11) is 0. The highest BCUT2D eigenvalue weighted by Crippen LogP contribution is 2.27. The van der Waals surface area contributed by atoms with Crippen LogP contribution in [0.5, 0.6) is 0 Å². The van der Waals surface area contributed by atoms with Gasteiger partial charge in [-0.1, -0.05) is 23.8 Å². The van der Waals surface area contributed by atoms with Crippen molar-refractivity contribution in [3.05, 3.63) is 24.3 Å². The fourth-order valence-electron chi connectivity index (χ4n) is 1.01. The zero-order valence-corrected chi connectivity index (χ0v) is 6.89. The molecule has 1 rings (SSSR count). The molecule has 0 aliphatic heterocycles. The molecular weight excluding hydrogens is 165 g/mol. The van der Waals surface area contributed by atoms with Gasteiger partial charge >= 0.3 is 0 Å². The van der Waals surface area contributed by atoms with Crippen LogP contribution in [0.25, 0.3) is 0 Å². The fourth-order valence-corrected chi connectivity index (χ4v) is 1.15. The average Bonchev–Trinajstić information content (AvgIpc) is 1.94. The summed E-state index contributed by atoms with van der Waals surface area (Å²) in [6, 6.07) is 0. The van der Waals surface area contributed by atoms with E-state index in [2.05, 4.69) is 0 Å². The van der Waals surface area contributed by atoms with E-state index in [0.29, 0.717) is 6.54 Å². The molecule has 0 aromatic heterocycles. The van der Waals surface area contributed by atoms with Crippen LogP contribution in [-0.2, 0) is 0 Å². The maximum Gasteiger partial charge on any atom is 0.220 e. The van der Waals surface area contributed by atoms with Crippen LogP contribution < -0.4 is 5.73 Å². The molecule has 1 aliphatic carbocycles. The van der Waals surface area contributed by atoms with E-state index in [1.165, 1.54) is 12.2 Å². The summed E-state index contributed by atoms with van der Waals surface area (Å²) < 4.78 is 12.8. The molecular formula is C8H11ClFN. The van der Waals surface area contributed by atoms with E-state index in [0.717, 1.165) is 6.42 Å². The van der Waals surface area contributed by atoms with Crippen molar-refractivity contribution >= 4 is 11.6 Å². The number of hydrogen-bond donors (Lipinski definition) is 1. The molecule has 11 heavy (non-hydrogen) atoms. The van der Waals surface area contributed by atoms with Crippen molar-refractivity contribution in [2.75, 3.05) is 6.54 Å². The number of hydrogen-bond acceptors (Lipinski definition) is 1. The lowest BCUT2D eigenvalue weighted by Crippen LogP contribution is -2.13. The van der Waals surface area contributed by atoms with Crippen molar-refractivity contribution in [1.29, 1.82) is 0 Å². The summed E-state index contributed by atoms with van der Waals surface area (Å²) in [5, 5.41) is -1.77. The molecule has 0 atom stereocenters. The molecule has 3 heteroatoms. The molecule has 0 amide bonds. The maximum atomic E-state index is 12.8. The van der Waals surface area contributed by atoms with Crippen molar-refractivity contribution < 1.29 is 4.39 Å². The number of rotatable bonds is 2. The molecule has 0 heterocycles. The number of nitrogens with two attached hydrogens (primary N) is 1. The minimum atomic E-state index is -1.77. The zero-order valence-electron chi connectivity index (χ0n) is 6.13. The van der Waals surface area contributed by atoms with Gasteiger partial charge in [-0.15, -0.1) is 0 Å². The Kier molecular flexibility index (Phi) is 2.68. The first-order valence-corrected chi connectivity index (χ1v) is 3.98. The van der Waals surface area contributed by atoms with E-state index >= 15 is 0 Å². The van der Waals surface area contributed by atoms with E-state index < -0.39 is 5.13 Å². The van der Waals surface area contributed by atoms with Gasteiger partial charge in [0.1, 0.15) is 0 Å². The van der Waals surface area contributed by atoms with Crippen LogP contribution in [-0.4, -0.2) is 11.7 Å². The lowest BCUT2D eigenvalue weighted by atomic mass is 9.99. The molecule has 1 nitrogen and oxygen atoms in total. The molecule has 0 bridgehead atoms. The van der Waals surface area contributed by atoms with Crippen LogP contribution in [0.4, 0.5) is 4.39 Å². The first-order valence-electron chi connectivity index (χ1n) is 3.61. The molecule has 1 aliphatic rings. The summed E-state index contributed by atoms with van der Waals surface area (Å²) in [6.07, 6.45) is 7.06. The third kappa shape index (κ3) is 2.64. The predicted octanol–water partition coefficient (Wildman–Crippen LogP) is 1.98. The Balaban J connectivity index is 2.51. The van der Waals surface area contributed by atoms with Gasteiger partial charge in [0.05, 0.1) is 0 Å². The standard InChI is InChI=1S/C8H11ClFN/c9-8(10)4-1-7(2-5-8)3-6-11/h1-2,4-5,7H,3,6,11H2. The summed E-state index contributed by atoms with van der Waals surface area (Å²) in [5.74, 6) is 0.252. The minimum absolute atomic E-state index is 0.252. The van der Waals surface area contributed by atoms with E-state index in [9.17, 15) is 4.39 Å². The first kappa shape index (κ1) is 8.75. The highest BCUT2D eigenvalue weighted by molar-refractivity contribution is 6.25. The molecule has 0 fully saturated rings. The molecule has 62 valence electrons. The van der Waals surface area contributed by atoms with Gasteiger partial charge in [-0.3, -0.25) is 0 Å². The Morgan fingerprint density at radius 3 is 2.45 bits per heavy atom. The quantitative estimate of drug-likeness (QED) is 0.504. The van der Waals surface area contributed by atoms with Gasteiger partial charge in [0.15, 0.2) is 0 Å². The largest absolute Gasteiger partial charge is 0.330 e. The third-order valence-corrected chi connectivity index (χ3v) is 1.88.